The Morgan fingerprint density at radius 1 is 1.54 bits per heavy atom. The minimum atomic E-state index is 0.452. The molecule has 1 unspecified atom stereocenters. The number of hydrogen-bond donors (Lipinski definition) is 0. The molecule has 13 heavy (non-hydrogen) atoms. The molecule has 4 heteroatoms. The first-order valence-electron chi connectivity index (χ1n) is 4.42. The van der Waals surface area contributed by atoms with Gasteiger partial charge in [-0.3, -0.25) is 0 Å². The first-order valence-corrected chi connectivity index (χ1v) is 5.22. The number of nitrogens with zero attached hydrogens (tertiary/aromatic N) is 2. The van der Waals surface area contributed by atoms with Crippen molar-refractivity contribution in [3.8, 4) is 0 Å². The minimum Gasteiger partial charge on any atom is -0.381 e. The Labute approximate surface area is 85.7 Å². The zero-order valence-corrected chi connectivity index (χ0v) is 8.83. The lowest BCUT2D eigenvalue weighted by Crippen LogP contribution is -2.16. The number of aromatic nitrogens is 2. The number of rotatable bonds is 1. The lowest BCUT2D eigenvalue weighted by molar-refractivity contribution is 0.0792. The molecule has 2 heterocycles. The van der Waals surface area contributed by atoms with Gasteiger partial charge in [0.05, 0.1) is 12.3 Å². The van der Waals surface area contributed by atoms with Crippen LogP contribution >= 0.6 is 15.9 Å². The van der Waals surface area contributed by atoms with Gasteiger partial charge >= 0.3 is 0 Å². The molecule has 70 valence electrons. The van der Waals surface area contributed by atoms with Crippen molar-refractivity contribution < 1.29 is 4.74 Å². The van der Waals surface area contributed by atoms with Crippen LogP contribution < -0.4 is 0 Å². The van der Waals surface area contributed by atoms with Crippen molar-refractivity contribution >= 4 is 15.9 Å². The van der Waals surface area contributed by atoms with Crippen LogP contribution in [0, 0.1) is 0 Å². The van der Waals surface area contributed by atoms with Crippen LogP contribution in [0.15, 0.2) is 17.0 Å². The fraction of sp³-hybridized carbons (Fsp3) is 0.556. The van der Waals surface area contributed by atoms with E-state index in [1.54, 1.807) is 6.20 Å². The Hall–Kier alpha value is -0.480. The summed E-state index contributed by atoms with van der Waals surface area (Å²) in [4.78, 5) is 8.32. The second-order valence-electron chi connectivity index (χ2n) is 3.16. The van der Waals surface area contributed by atoms with Gasteiger partial charge in [-0.25, -0.2) is 9.97 Å². The molecule has 0 N–H and O–H groups in total. The first kappa shape index (κ1) is 9.09. The maximum absolute atomic E-state index is 5.40. The summed E-state index contributed by atoms with van der Waals surface area (Å²) in [5.74, 6) is 0.452. The van der Waals surface area contributed by atoms with Crippen LogP contribution in [0.2, 0.25) is 0 Å². The molecule has 1 fully saturated rings. The van der Waals surface area contributed by atoms with Gasteiger partial charge in [0.2, 0.25) is 0 Å². The molecule has 0 aliphatic carbocycles. The van der Waals surface area contributed by atoms with Crippen molar-refractivity contribution in [2.24, 2.45) is 0 Å². The van der Waals surface area contributed by atoms with E-state index in [1.807, 2.05) is 6.07 Å². The van der Waals surface area contributed by atoms with Crippen LogP contribution in [0.25, 0.3) is 0 Å². The van der Waals surface area contributed by atoms with Crippen LogP contribution in [-0.4, -0.2) is 23.2 Å². The molecular weight excluding hydrogens is 232 g/mol. The highest BCUT2D eigenvalue weighted by Gasteiger charge is 2.17. The molecule has 2 rings (SSSR count). The normalized spacial score (nSPS) is 23.0. The Morgan fingerprint density at radius 2 is 2.46 bits per heavy atom. The predicted octanol–water partition coefficient (Wildman–Crippen LogP) is 2.13. The third-order valence-electron chi connectivity index (χ3n) is 2.23. The third kappa shape index (κ3) is 2.25. The molecule has 0 amide bonds. The van der Waals surface area contributed by atoms with Gasteiger partial charge in [0, 0.05) is 18.7 Å². The summed E-state index contributed by atoms with van der Waals surface area (Å²) < 4.78 is 6.06. The molecule has 0 saturated carbocycles. The van der Waals surface area contributed by atoms with Crippen LogP contribution in [0.3, 0.4) is 0 Å². The highest BCUT2D eigenvalue weighted by Crippen LogP contribution is 2.23. The van der Waals surface area contributed by atoms with Crippen molar-refractivity contribution in [1.82, 2.24) is 9.97 Å². The van der Waals surface area contributed by atoms with Crippen LogP contribution in [0.4, 0.5) is 0 Å². The van der Waals surface area contributed by atoms with Gasteiger partial charge in [-0.05, 0) is 34.8 Å². The van der Waals surface area contributed by atoms with Gasteiger partial charge in [-0.15, -0.1) is 0 Å². The van der Waals surface area contributed by atoms with E-state index in [2.05, 4.69) is 25.9 Å². The number of halogens is 1. The summed E-state index contributed by atoms with van der Waals surface area (Å²) in [5.41, 5.74) is 1.08. The molecule has 1 aliphatic heterocycles. The zero-order chi connectivity index (χ0) is 9.10. The van der Waals surface area contributed by atoms with E-state index in [4.69, 9.17) is 4.74 Å². The largest absolute Gasteiger partial charge is 0.381 e. The van der Waals surface area contributed by atoms with E-state index in [9.17, 15) is 0 Å². The van der Waals surface area contributed by atoms with Crippen molar-refractivity contribution in [2.75, 3.05) is 13.2 Å². The Kier molecular flexibility index (Phi) is 2.90. The third-order valence-corrected chi connectivity index (χ3v) is 2.61. The van der Waals surface area contributed by atoms with Crippen LogP contribution in [0.1, 0.15) is 24.5 Å². The number of hydrogen-bond acceptors (Lipinski definition) is 3. The molecule has 0 spiro atoms. The van der Waals surface area contributed by atoms with Crippen molar-refractivity contribution in [3.05, 3.63) is 22.7 Å². The van der Waals surface area contributed by atoms with E-state index >= 15 is 0 Å². The van der Waals surface area contributed by atoms with Crippen LogP contribution in [0.5, 0.6) is 0 Å². The van der Waals surface area contributed by atoms with E-state index in [-0.39, 0.29) is 0 Å². The molecular formula is C9H11BrN2O. The maximum Gasteiger partial charge on any atom is 0.196 e. The molecule has 0 radical (unpaired) electrons. The van der Waals surface area contributed by atoms with Gasteiger partial charge in [-0.2, -0.15) is 0 Å². The lowest BCUT2D eigenvalue weighted by atomic mass is 9.99. The Bertz CT molecular complexity index is 287. The fourth-order valence-corrected chi connectivity index (χ4v) is 1.87. The smallest absolute Gasteiger partial charge is 0.196 e. The summed E-state index contributed by atoms with van der Waals surface area (Å²) in [6.45, 7) is 1.69. The minimum absolute atomic E-state index is 0.452. The van der Waals surface area contributed by atoms with E-state index < -0.39 is 0 Å². The van der Waals surface area contributed by atoms with E-state index in [0.29, 0.717) is 10.7 Å². The molecule has 0 aromatic carbocycles. The van der Waals surface area contributed by atoms with Gasteiger partial charge < -0.3 is 4.74 Å². The fourth-order valence-electron chi connectivity index (χ4n) is 1.55. The molecule has 1 atom stereocenters. The van der Waals surface area contributed by atoms with Crippen molar-refractivity contribution in [2.45, 2.75) is 18.8 Å². The molecule has 1 saturated heterocycles. The van der Waals surface area contributed by atoms with E-state index in [1.165, 1.54) is 6.42 Å². The van der Waals surface area contributed by atoms with Gasteiger partial charge in [0.1, 0.15) is 0 Å². The van der Waals surface area contributed by atoms with Crippen LogP contribution in [-0.2, 0) is 4.74 Å². The predicted molar refractivity (Wildman–Crippen MR) is 52.5 cm³/mol. The van der Waals surface area contributed by atoms with Crippen molar-refractivity contribution in [1.29, 1.82) is 0 Å². The summed E-state index contributed by atoms with van der Waals surface area (Å²) in [6, 6.07) is 1.96. The van der Waals surface area contributed by atoms with Gasteiger partial charge in [0.25, 0.3) is 0 Å². The zero-order valence-electron chi connectivity index (χ0n) is 7.24. The second-order valence-corrected chi connectivity index (χ2v) is 3.87. The molecule has 3 nitrogen and oxygen atoms in total. The Morgan fingerprint density at radius 3 is 3.15 bits per heavy atom. The SMILES string of the molecule is Brc1nccc(C2CCCOC2)n1. The summed E-state index contributed by atoms with van der Waals surface area (Å²) in [7, 11) is 0. The topological polar surface area (TPSA) is 35.0 Å². The van der Waals surface area contributed by atoms with E-state index in [0.717, 1.165) is 25.3 Å². The molecule has 0 bridgehead atoms. The standard InChI is InChI=1S/C9H11BrN2O/c10-9-11-4-3-8(12-9)7-2-1-5-13-6-7/h3-4,7H,1-2,5-6H2. The number of ether oxygens (including phenoxy) is 1. The highest BCUT2D eigenvalue weighted by atomic mass is 79.9. The average molecular weight is 243 g/mol. The van der Waals surface area contributed by atoms with Gasteiger partial charge in [-0.1, -0.05) is 0 Å². The Balaban J connectivity index is 2.14. The average Bonchev–Trinajstić information content (AvgIpc) is 2.19. The molecule has 1 aliphatic rings. The molecule has 1 aromatic heterocycles. The highest BCUT2D eigenvalue weighted by molar-refractivity contribution is 9.10. The van der Waals surface area contributed by atoms with Crippen molar-refractivity contribution in [3.63, 3.8) is 0 Å². The summed E-state index contributed by atoms with van der Waals surface area (Å²) in [6.07, 6.45) is 4.08. The second kappa shape index (κ2) is 4.15. The summed E-state index contributed by atoms with van der Waals surface area (Å²) >= 11 is 3.27. The summed E-state index contributed by atoms with van der Waals surface area (Å²) in [5, 5.41) is 0. The monoisotopic (exact) mass is 242 g/mol. The quantitative estimate of drug-likeness (QED) is 0.709. The molecule has 1 aromatic rings. The van der Waals surface area contributed by atoms with Gasteiger partial charge in [0.15, 0.2) is 4.73 Å². The maximum atomic E-state index is 5.40. The lowest BCUT2D eigenvalue weighted by Gasteiger charge is -2.21. The first-order chi connectivity index (χ1) is 6.36.